The third kappa shape index (κ3) is 5.37. The van der Waals surface area contributed by atoms with Crippen molar-refractivity contribution >= 4 is 10.0 Å². The Morgan fingerprint density at radius 3 is 2.57 bits per heavy atom. The van der Waals surface area contributed by atoms with Gasteiger partial charge in [-0.05, 0) is 17.7 Å². The molecule has 3 aromatic rings. The summed E-state index contributed by atoms with van der Waals surface area (Å²) in [7, 11) is -1.93. The van der Waals surface area contributed by atoms with Gasteiger partial charge >= 0.3 is 0 Å². The van der Waals surface area contributed by atoms with Gasteiger partial charge in [-0.25, -0.2) is 17.1 Å². The van der Waals surface area contributed by atoms with Crippen LogP contribution >= 0.6 is 0 Å². The maximum Gasteiger partial charge on any atom is 0.264 e. The average Bonchev–Trinajstić information content (AvgIpc) is 3.14. The van der Waals surface area contributed by atoms with E-state index in [2.05, 4.69) is 10.1 Å². The number of nitrogens with zero attached hydrogens (tertiary/aromatic N) is 3. The number of para-hydroxylation sites is 1. The zero-order valence-corrected chi connectivity index (χ0v) is 16.1. The molecule has 0 saturated carbocycles. The molecule has 0 unspecified atom stereocenters. The van der Waals surface area contributed by atoms with Gasteiger partial charge in [-0.3, -0.25) is 0 Å². The van der Waals surface area contributed by atoms with Gasteiger partial charge in [0, 0.05) is 20.0 Å². The van der Waals surface area contributed by atoms with E-state index in [1.54, 1.807) is 36.4 Å². The third-order valence-corrected chi connectivity index (χ3v) is 5.85. The van der Waals surface area contributed by atoms with Crippen molar-refractivity contribution in [2.75, 3.05) is 13.6 Å². The van der Waals surface area contributed by atoms with Crippen molar-refractivity contribution in [1.29, 1.82) is 0 Å². The van der Waals surface area contributed by atoms with E-state index in [0.29, 0.717) is 5.82 Å². The molecular formula is C19H20FN3O4S. The molecule has 1 aromatic heterocycles. The number of halogens is 1. The summed E-state index contributed by atoms with van der Waals surface area (Å²) in [4.78, 5) is 4.15. The molecule has 0 spiro atoms. The molecule has 0 atom stereocenters. The molecule has 148 valence electrons. The molecule has 0 N–H and O–H groups in total. The predicted octanol–water partition coefficient (Wildman–Crippen LogP) is 2.79. The second-order valence-corrected chi connectivity index (χ2v) is 8.21. The minimum absolute atomic E-state index is 0.0711. The Balaban J connectivity index is 1.51. The molecule has 7 nitrogen and oxygen atoms in total. The quantitative estimate of drug-likeness (QED) is 0.544. The van der Waals surface area contributed by atoms with E-state index in [4.69, 9.17) is 9.26 Å². The van der Waals surface area contributed by atoms with E-state index < -0.39 is 15.8 Å². The van der Waals surface area contributed by atoms with E-state index in [0.717, 1.165) is 5.56 Å². The fourth-order valence-electron chi connectivity index (χ4n) is 2.44. The van der Waals surface area contributed by atoms with Crippen LogP contribution in [0.3, 0.4) is 0 Å². The highest BCUT2D eigenvalue weighted by Gasteiger charge is 2.19. The first kappa shape index (κ1) is 20.0. The number of hydrogen-bond donors (Lipinski definition) is 0. The molecular weight excluding hydrogens is 385 g/mol. The standard InChI is InChI=1S/C19H20FN3O4S/c1-23(28(24,25)14-15-7-3-2-4-8-15)12-11-18-21-19(27-22-18)13-26-17-10-6-5-9-16(17)20/h2-10H,11-14H2,1H3. The zero-order valence-electron chi connectivity index (χ0n) is 15.3. The Bertz CT molecular complexity index is 1010. The number of benzene rings is 2. The summed E-state index contributed by atoms with van der Waals surface area (Å²) >= 11 is 0. The molecule has 9 heteroatoms. The van der Waals surface area contributed by atoms with Crippen molar-refractivity contribution < 1.29 is 22.1 Å². The van der Waals surface area contributed by atoms with Gasteiger partial charge in [-0.15, -0.1) is 0 Å². The lowest BCUT2D eigenvalue weighted by Gasteiger charge is -2.16. The minimum Gasteiger partial charge on any atom is -0.481 e. The van der Waals surface area contributed by atoms with Crippen LogP contribution in [0.5, 0.6) is 5.75 Å². The first-order valence-corrected chi connectivity index (χ1v) is 10.2. The van der Waals surface area contributed by atoms with E-state index in [-0.39, 0.29) is 37.0 Å². The molecule has 0 fully saturated rings. The van der Waals surface area contributed by atoms with Crippen LogP contribution in [0.15, 0.2) is 59.1 Å². The van der Waals surface area contributed by atoms with Gasteiger partial charge in [-0.1, -0.05) is 47.6 Å². The molecule has 1 heterocycles. The van der Waals surface area contributed by atoms with Gasteiger partial charge in [0.2, 0.25) is 10.0 Å². The average molecular weight is 405 g/mol. The monoisotopic (exact) mass is 405 g/mol. The number of likely N-dealkylation sites (N-methyl/N-ethyl adjacent to an activating group) is 1. The molecule has 0 saturated heterocycles. The second kappa shape index (κ2) is 8.94. The topological polar surface area (TPSA) is 85.5 Å². The fourth-order valence-corrected chi connectivity index (χ4v) is 3.65. The van der Waals surface area contributed by atoms with Crippen LogP contribution in [0.25, 0.3) is 0 Å². The molecule has 2 aromatic carbocycles. The molecule has 0 aliphatic heterocycles. The third-order valence-electron chi connectivity index (χ3n) is 4.02. The Morgan fingerprint density at radius 2 is 1.82 bits per heavy atom. The Hall–Kier alpha value is -2.78. The van der Waals surface area contributed by atoms with E-state index in [1.807, 2.05) is 6.07 Å². The highest BCUT2D eigenvalue weighted by Crippen LogP contribution is 2.17. The van der Waals surface area contributed by atoms with Gasteiger partial charge in [0.1, 0.15) is 0 Å². The van der Waals surface area contributed by atoms with Gasteiger partial charge in [0.05, 0.1) is 5.75 Å². The summed E-state index contributed by atoms with van der Waals surface area (Å²) in [5.74, 6) is 0.0848. The van der Waals surface area contributed by atoms with Crippen molar-refractivity contribution in [2.24, 2.45) is 0 Å². The van der Waals surface area contributed by atoms with Crippen LogP contribution in [-0.2, 0) is 28.8 Å². The lowest BCUT2D eigenvalue weighted by Crippen LogP contribution is -2.30. The van der Waals surface area contributed by atoms with Gasteiger partial charge in [0.15, 0.2) is 24.0 Å². The fraction of sp³-hybridized carbons (Fsp3) is 0.263. The molecule has 0 aliphatic rings. The highest BCUT2D eigenvalue weighted by molar-refractivity contribution is 7.88. The van der Waals surface area contributed by atoms with Crippen molar-refractivity contribution in [2.45, 2.75) is 18.8 Å². The lowest BCUT2D eigenvalue weighted by atomic mass is 10.2. The summed E-state index contributed by atoms with van der Waals surface area (Å²) in [5, 5.41) is 3.81. The summed E-state index contributed by atoms with van der Waals surface area (Å²) in [6.07, 6.45) is 0.285. The maximum atomic E-state index is 13.5. The maximum absolute atomic E-state index is 13.5. The number of aromatic nitrogens is 2. The van der Waals surface area contributed by atoms with Crippen LogP contribution < -0.4 is 4.74 Å². The van der Waals surface area contributed by atoms with E-state index in [9.17, 15) is 12.8 Å². The Kier molecular flexibility index (Phi) is 6.37. The smallest absolute Gasteiger partial charge is 0.264 e. The molecule has 0 amide bonds. The van der Waals surface area contributed by atoms with Crippen LogP contribution in [0, 0.1) is 5.82 Å². The molecule has 3 rings (SSSR count). The SMILES string of the molecule is CN(CCc1noc(COc2ccccc2F)n1)S(=O)(=O)Cc1ccccc1. The minimum atomic E-state index is -3.45. The first-order chi connectivity index (χ1) is 13.4. The van der Waals surface area contributed by atoms with Crippen molar-refractivity contribution in [3.8, 4) is 5.75 Å². The second-order valence-electron chi connectivity index (χ2n) is 6.14. The Morgan fingerprint density at radius 1 is 1.11 bits per heavy atom. The van der Waals surface area contributed by atoms with Gasteiger partial charge < -0.3 is 9.26 Å². The van der Waals surface area contributed by atoms with Crippen LogP contribution in [0.1, 0.15) is 17.3 Å². The summed E-state index contributed by atoms with van der Waals surface area (Å²) in [6, 6.07) is 15.0. The van der Waals surface area contributed by atoms with E-state index >= 15 is 0 Å². The molecule has 28 heavy (non-hydrogen) atoms. The molecule has 0 bridgehead atoms. The van der Waals surface area contributed by atoms with Crippen molar-refractivity contribution in [3.05, 3.63) is 77.7 Å². The number of hydrogen-bond acceptors (Lipinski definition) is 6. The van der Waals surface area contributed by atoms with Gasteiger partial charge in [0.25, 0.3) is 5.89 Å². The number of sulfonamides is 1. The number of ether oxygens (including phenoxy) is 1. The normalized spacial score (nSPS) is 11.7. The van der Waals surface area contributed by atoms with Crippen LogP contribution in [-0.4, -0.2) is 36.5 Å². The van der Waals surface area contributed by atoms with Crippen LogP contribution in [0.4, 0.5) is 4.39 Å². The van der Waals surface area contributed by atoms with Crippen molar-refractivity contribution in [3.63, 3.8) is 0 Å². The summed E-state index contributed by atoms with van der Waals surface area (Å²) in [5.41, 5.74) is 0.724. The summed E-state index contributed by atoms with van der Waals surface area (Å²) < 4.78 is 50.0. The Labute approximate surface area is 162 Å². The zero-order chi connectivity index (χ0) is 20.0. The van der Waals surface area contributed by atoms with Gasteiger partial charge in [-0.2, -0.15) is 4.98 Å². The molecule has 0 radical (unpaired) electrons. The number of rotatable bonds is 9. The highest BCUT2D eigenvalue weighted by atomic mass is 32.2. The van der Waals surface area contributed by atoms with Crippen molar-refractivity contribution in [1.82, 2.24) is 14.4 Å². The predicted molar refractivity (Wildman–Crippen MR) is 100 cm³/mol. The van der Waals surface area contributed by atoms with E-state index in [1.165, 1.54) is 23.5 Å². The summed E-state index contributed by atoms with van der Waals surface area (Å²) in [6.45, 7) is 0.137. The van der Waals surface area contributed by atoms with Crippen LogP contribution in [0.2, 0.25) is 0 Å². The largest absolute Gasteiger partial charge is 0.481 e. The molecule has 0 aliphatic carbocycles. The first-order valence-electron chi connectivity index (χ1n) is 8.61. The lowest BCUT2D eigenvalue weighted by molar-refractivity contribution is 0.234.